The maximum Gasteiger partial charge on any atom is 0.417 e. The molecule has 2 atom stereocenters. The Bertz CT molecular complexity index is 1410. The summed E-state index contributed by atoms with van der Waals surface area (Å²) >= 11 is 0. The third kappa shape index (κ3) is 5.92. The monoisotopic (exact) mass is 523 g/mol. The van der Waals surface area contributed by atoms with Crippen molar-refractivity contribution >= 4 is 17.6 Å². The Morgan fingerprint density at radius 2 is 1.89 bits per heavy atom. The summed E-state index contributed by atoms with van der Waals surface area (Å²) in [6, 6.07) is 14.4. The van der Waals surface area contributed by atoms with Gasteiger partial charge in [-0.25, -0.2) is 4.98 Å². The molecule has 11 heteroatoms. The maximum atomic E-state index is 13.2. The fraction of sp³-hybridized carbons (Fsp3) is 0.259. The van der Waals surface area contributed by atoms with E-state index in [-0.39, 0.29) is 23.6 Å². The number of carbonyl (C=O) groups is 2. The second-order valence-electron chi connectivity index (χ2n) is 8.88. The quantitative estimate of drug-likeness (QED) is 0.506. The Labute approximate surface area is 217 Å². The number of alkyl halides is 3. The number of halogens is 3. The Hall–Kier alpha value is -4.43. The minimum Gasteiger partial charge on any atom is -0.457 e. The molecule has 1 aromatic carbocycles. The summed E-state index contributed by atoms with van der Waals surface area (Å²) in [5.74, 6) is 4.60. The van der Waals surface area contributed by atoms with Crippen molar-refractivity contribution in [1.29, 1.82) is 0 Å². The number of hydrogen-bond acceptors (Lipinski definition) is 6. The number of aryl methyl sites for hydroxylation is 1. The highest BCUT2D eigenvalue weighted by atomic mass is 19.4. The van der Waals surface area contributed by atoms with Gasteiger partial charge in [0.15, 0.2) is 5.54 Å². The SMILES string of the molecule is CN1C(=O)[C@@H](NC(=O)c2cc(Oc3ccccc3)ccn2)CCc2ccc(C#CC(C)(N)C(F)(F)F)nc21. The van der Waals surface area contributed by atoms with Crippen molar-refractivity contribution in [2.24, 2.45) is 5.73 Å². The molecule has 0 saturated carbocycles. The average Bonchev–Trinajstić information content (AvgIpc) is 2.99. The second-order valence-corrected chi connectivity index (χ2v) is 8.88. The molecule has 1 unspecified atom stereocenters. The molecule has 3 aromatic rings. The second kappa shape index (κ2) is 10.5. The zero-order valence-corrected chi connectivity index (χ0v) is 20.5. The Balaban J connectivity index is 1.49. The van der Waals surface area contributed by atoms with Crippen LogP contribution >= 0.6 is 0 Å². The van der Waals surface area contributed by atoms with E-state index in [4.69, 9.17) is 10.5 Å². The largest absolute Gasteiger partial charge is 0.457 e. The standard InChI is InChI=1S/C27H24F3N5O3/c1-26(31,27(28,29)30)14-12-18-10-8-17-9-11-21(25(37)35(2)23(17)33-18)34-24(36)22-16-20(13-15-32-22)38-19-6-4-3-5-7-19/h3-8,10,13,15-16,21H,9,11,31H2,1-2H3,(H,34,36)/t21-,26?/m0/s1. The summed E-state index contributed by atoms with van der Waals surface area (Å²) < 4.78 is 44.8. The number of pyridine rings is 2. The van der Waals surface area contributed by atoms with Crippen molar-refractivity contribution in [1.82, 2.24) is 15.3 Å². The summed E-state index contributed by atoms with van der Waals surface area (Å²) in [5, 5.41) is 2.71. The minimum atomic E-state index is -4.72. The highest BCUT2D eigenvalue weighted by molar-refractivity contribution is 6.02. The fourth-order valence-corrected chi connectivity index (χ4v) is 3.65. The molecule has 3 heterocycles. The molecule has 0 saturated heterocycles. The zero-order valence-electron chi connectivity index (χ0n) is 20.5. The highest BCUT2D eigenvalue weighted by Gasteiger charge is 2.47. The number of nitrogens with two attached hydrogens (primary N) is 1. The van der Waals surface area contributed by atoms with Gasteiger partial charge >= 0.3 is 6.18 Å². The normalized spacial score (nSPS) is 16.8. The number of likely N-dealkylation sites (N-methyl/N-ethyl adjacent to an activating group) is 1. The van der Waals surface area contributed by atoms with E-state index in [0.29, 0.717) is 23.5 Å². The van der Waals surface area contributed by atoms with E-state index < -0.39 is 29.6 Å². The van der Waals surface area contributed by atoms with E-state index >= 15 is 0 Å². The first kappa shape index (κ1) is 26.6. The number of anilines is 1. The van der Waals surface area contributed by atoms with Crippen molar-refractivity contribution < 1.29 is 27.5 Å². The molecule has 1 aliphatic heterocycles. The molecule has 0 spiro atoms. The Kier molecular flexibility index (Phi) is 7.37. The lowest BCUT2D eigenvalue weighted by atomic mass is 10.0. The third-order valence-electron chi connectivity index (χ3n) is 5.89. The summed E-state index contributed by atoms with van der Waals surface area (Å²) in [6.45, 7) is 0.769. The van der Waals surface area contributed by atoms with E-state index in [1.807, 2.05) is 24.1 Å². The molecular weight excluding hydrogens is 499 g/mol. The molecule has 3 N–H and O–H groups in total. The van der Waals surface area contributed by atoms with Crippen LogP contribution in [0.2, 0.25) is 0 Å². The van der Waals surface area contributed by atoms with E-state index in [9.17, 15) is 22.8 Å². The number of ether oxygens (including phenoxy) is 1. The van der Waals surface area contributed by atoms with Crippen LogP contribution in [-0.2, 0) is 11.2 Å². The Morgan fingerprint density at radius 3 is 2.61 bits per heavy atom. The third-order valence-corrected chi connectivity index (χ3v) is 5.89. The molecule has 1 aliphatic rings. The highest BCUT2D eigenvalue weighted by Crippen LogP contribution is 2.28. The summed E-state index contributed by atoms with van der Waals surface area (Å²) in [4.78, 5) is 35.7. The van der Waals surface area contributed by atoms with Gasteiger partial charge in [-0.1, -0.05) is 30.2 Å². The lowest BCUT2D eigenvalue weighted by molar-refractivity contribution is -0.163. The number of carbonyl (C=O) groups excluding carboxylic acids is 2. The summed E-state index contributed by atoms with van der Waals surface area (Å²) in [7, 11) is 1.48. The molecule has 38 heavy (non-hydrogen) atoms. The van der Waals surface area contributed by atoms with E-state index in [1.54, 1.807) is 24.3 Å². The molecule has 4 rings (SSSR count). The number of amides is 2. The number of nitrogens with one attached hydrogen (secondary N) is 1. The molecule has 196 valence electrons. The lowest BCUT2D eigenvalue weighted by Gasteiger charge is -2.22. The Morgan fingerprint density at radius 1 is 1.16 bits per heavy atom. The van der Waals surface area contributed by atoms with E-state index in [2.05, 4.69) is 21.2 Å². The van der Waals surface area contributed by atoms with Crippen LogP contribution in [0.3, 0.4) is 0 Å². The number of aromatic nitrogens is 2. The molecule has 0 bridgehead atoms. The molecule has 0 fully saturated rings. The van der Waals surface area contributed by atoms with Crippen molar-refractivity contribution in [3.8, 4) is 23.3 Å². The van der Waals surface area contributed by atoms with Gasteiger partial charge < -0.3 is 15.8 Å². The fourth-order valence-electron chi connectivity index (χ4n) is 3.65. The van der Waals surface area contributed by atoms with E-state index in [1.165, 1.54) is 30.3 Å². The van der Waals surface area contributed by atoms with Gasteiger partial charge in [-0.15, -0.1) is 0 Å². The van der Waals surface area contributed by atoms with Crippen LogP contribution in [-0.4, -0.2) is 46.6 Å². The number of benzene rings is 1. The lowest BCUT2D eigenvalue weighted by Crippen LogP contribution is -2.49. The van der Waals surface area contributed by atoms with Gasteiger partial charge in [0.2, 0.25) is 5.91 Å². The van der Waals surface area contributed by atoms with Gasteiger partial charge in [-0.05, 0) is 55.5 Å². The predicted molar refractivity (Wildman–Crippen MR) is 134 cm³/mol. The first-order valence-electron chi connectivity index (χ1n) is 11.6. The molecule has 2 aromatic heterocycles. The van der Waals surface area contributed by atoms with Crippen LogP contribution in [0.1, 0.15) is 35.1 Å². The van der Waals surface area contributed by atoms with E-state index in [0.717, 1.165) is 6.92 Å². The van der Waals surface area contributed by atoms with Crippen LogP contribution < -0.4 is 20.7 Å². The van der Waals surface area contributed by atoms with Crippen LogP contribution in [0, 0.1) is 11.8 Å². The molecular formula is C27H24F3N5O3. The first-order valence-corrected chi connectivity index (χ1v) is 11.6. The zero-order chi connectivity index (χ0) is 27.5. The van der Waals surface area contributed by atoms with Crippen molar-refractivity contribution in [2.45, 2.75) is 37.5 Å². The molecule has 8 nitrogen and oxygen atoms in total. The molecule has 0 radical (unpaired) electrons. The molecule has 0 aliphatic carbocycles. The average molecular weight is 524 g/mol. The topological polar surface area (TPSA) is 110 Å². The summed E-state index contributed by atoms with van der Waals surface area (Å²) in [6.07, 6.45) is -2.61. The molecule has 2 amide bonds. The van der Waals surface area contributed by atoms with Gasteiger partial charge in [0.1, 0.15) is 34.7 Å². The minimum absolute atomic E-state index is 0.0336. The van der Waals surface area contributed by atoms with Gasteiger partial charge in [0, 0.05) is 19.3 Å². The van der Waals surface area contributed by atoms with Crippen molar-refractivity contribution in [3.05, 3.63) is 77.7 Å². The van der Waals surface area contributed by atoms with Crippen molar-refractivity contribution in [3.63, 3.8) is 0 Å². The number of fused-ring (bicyclic) bond motifs is 1. The smallest absolute Gasteiger partial charge is 0.417 e. The van der Waals surface area contributed by atoms with Crippen LogP contribution in [0.25, 0.3) is 0 Å². The van der Waals surface area contributed by atoms with Crippen LogP contribution in [0.5, 0.6) is 11.5 Å². The van der Waals surface area contributed by atoms with Gasteiger partial charge in [-0.2, -0.15) is 13.2 Å². The number of hydrogen-bond donors (Lipinski definition) is 2. The predicted octanol–water partition coefficient (Wildman–Crippen LogP) is 3.61. The number of para-hydroxylation sites is 1. The number of rotatable bonds is 4. The van der Waals surface area contributed by atoms with Gasteiger partial charge in [0.05, 0.1) is 0 Å². The summed E-state index contributed by atoms with van der Waals surface area (Å²) in [5.41, 5.74) is 3.35. The van der Waals surface area contributed by atoms with Gasteiger partial charge in [0.25, 0.3) is 5.91 Å². The maximum absolute atomic E-state index is 13.2. The van der Waals surface area contributed by atoms with Gasteiger partial charge in [-0.3, -0.25) is 19.5 Å². The number of nitrogens with zero attached hydrogens (tertiary/aromatic N) is 3. The van der Waals surface area contributed by atoms with Crippen molar-refractivity contribution in [2.75, 3.05) is 11.9 Å². The first-order chi connectivity index (χ1) is 17.9. The van der Waals surface area contributed by atoms with Crippen LogP contribution in [0.15, 0.2) is 60.8 Å². The van der Waals surface area contributed by atoms with Crippen LogP contribution in [0.4, 0.5) is 19.0 Å².